The first-order chi connectivity index (χ1) is 6.88. The van der Waals surface area contributed by atoms with Gasteiger partial charge in [0.2, 0.25) is 0 Å². The lowest BCUT2D eigenvalue weighted by Crippen LogP contribution is -2.34. The number of hydrogen-bond acceptors (Lipinski definition) is 2. The summed E-state index contributed by atoms with van der Waals surface area (Å²) in [4.78, 5) is 0. The van der Waals surface area contributed by atoms with Crippen LogP contribution in [0.15, 0.2) is 10.7 Å². The monoisotopic (exact) mass is 273 g/mol. The molecule has 1 rings (SSSR count). The van der Waals surface area contributed by atoms with Gasteiger partial charge in [-0.3, -0.25) is 4.68 Å². The van der Waals surface area contributed by atoms with E-state index in [1.54, 1.807) is 0 Å². The second kappa shape index (κ2) is 4.66. The van der Waals surface area contributed by atoms with Crippen LogP contribution in [0.25, 0.3) is 0 Å². The second-order valence-corrected chi connectivity index (χ2v) is 5.71. The molecule has 4 heteroatoms. The number of hydrogen-bond donors (Lipinski definition) is 1. The Hall–Kier alpha value is -0.350. The van der Waals surface area contributed by atoms with Gasteiger partial charge in [-0.05, 0) is 27.9 Å². The lowest BCUT2D eigenvalue weighted by Gasteiger charge is -2.31. The highest BCUT2D eigenvalue weighted by atomic mass is 79.9. The molecule has 0 amide bonds. The SMILES string of the molecule is CCNC(c1c(Br)cnn1C)C(C)(C)C. The van der Waals surface area contributed by atoms with Crippen molar-refractivity contribution in [3.63, 3.8) is 0 Å². The molecular formula is C11H20BrN3. The average Bonchev–Trinajstić information content (AvgIpc) is 2.41. The number of nitrogens with zero attached hydrogens (tertiary/aromatic N) is 2. The molecule has 0 aliphatic rings. The Morgan fingerprint density at radius 3 is 2.47 bits per heavy atom. The van der Waals surface area contributed by atoms with Crippen LogP contribution in [0.3, 0.4) is 0 Å². The first-order valence-corrected chi connectivity index (χ1v) is 6.08. The van der Waals surface area contributed by atoms with Crippen LogP contribution in [-0.4, -0.2) is 16.3 Å². The number of aromatic nitrogens is 2. The van der Waals surface area contributed by atoms with Gasteiger partial charge in [-0.25, -0.2) is 0 Å². The maximum absolute atomic E-state index is 4.26. The van der Waals surface area contributed by atoms with Crippen LogP contribution in [0.5, 0.6) is 0 Å². The molecule has 1 aromatic heterocycles. The molecule has 1 atom stereocenters. The average molecular weight is 274 g/mol. The zero-order valence-corrected chi connectivity index (χ0v) is 11.7. The summed E-state index contributed by atoms with van der Waals surface area (Å²) in [5.74, 6) is 0. The molecule has 3 nitrogen and oxygen atoms in total. The highest BCUT2D eigenvalue weighted by Crippen LogP contribution is 2.35. The van der Waals surface area contributed by atoms with Crippen molar-refractivity contribution in [2.45, 2.75) is 33.7 Å². The minimum Gasteiger partial charge on any atom is -0.308 e. The molecule has 0 saturated heterocycles. The topological polar surface area (TPSA) is 29.9 Å². The molecule has 0 aromatic carbocycles. The van der Waals surface area contributed by atoms with Crippen molar-refractivity contribution in [1.29, 1.82) is 0 Å². The maximum Gasteiger partial charge on any atom is 0.0697 e. The first-order valence-electron chi connectivity index (χ1n) is 5.28. The molecule has 0 aliphatic heterocycles. The van der Waals surface area contributed by atoms with Gasteiger partial charge in [0.15, 0.2) is 0 Å². The summed E-state index contributed by atoms with van der Waals surface area (Å²) in [6, 6.07) is 0.310. The molecule has 0 saturated carbocycles. The molecule has 0 bridgehead atoms. The molecule has 1 N–H and O–H groups in total. The van der Waals surface area contributed by atoms with Crippen molar-refractivity contribution in [1.82, 2.24) is 15.1 Å². The van der Waals surface area contributed by atoms with E-state index in [1.165, 1.54) is 5.69 Å². The minimum atomic E-state index is 0.173. The Bertz CT molecular complexity index is 306. The summed E-state index contributed by atoms with van der Waals surface area (Å²) in [6.45, 7) is 9.79. The van der Waals surface area contributed by atoms with E-state index in [0.717, 1.165) is 11.0 Å². The van der Waals surface area contributed by atoms with Gasteiger partial charge in [-0.1, -0.05) is 27.7 Å². The number of rotatable bonds is 3. The molecular weight excluding hydrogens is 254 g/mol. The zero-order valence-electron chi connectivity index (χ0n) is 10.1. The molecule has 0 spiro atoms. The fourth-order valence-electron chi connectivity index (χ4n) is 1.76. The molecule has 1 aromatic rings. The lowest BCUT2D eigenvalue weighted by molar-refractivity contribution is 0.264. The van der Waals surface area contributed by atoms with E-state index in [9.17, 15) is 0 Å². The van der Waals surface area contributed by atoms with Gasteiger partial charge in [0, 0.05) is 7.05 Å². The normalized spacial score (nSPS) is 14.3. The van der Waals surface area contributed by atoms with E-state index in [0.29, 0.717) is 6.04 Å². The maximum atomic E-state index is 4.26. The summed E-state index contributed by atoms with van der Waals surface area (Å²) >= 11 is 3.56. The summed E-state index contributed by atoms with van der Waals surface area (Å²) < 4.78 is 3.01. The Morgan fingerprint density at radius 1 is 1.53 bits per heavy atom. The van der Waals surface area contributed by atoms with Crippen LogP contribution in [-0.2, 0) is 7.05 Å². The highest BCUT2D eigenvalue weighted by molar-refractivity contribution is 9.10. The van der Waals surface area contributed by atoms with Crippen LogP contribution in [0.4, 0.5) is 0 Å². The molecule has 1 unspecified atom stereocenters. The smallest absolute Gasteiger partial charge is 0.0697 e. The molecule has 0 fully saturated rings. The van der Waals surface area contributed by atoms with Gasteiger partial charge in [0.05, 0.1) is 22.4 Å². The number of aryl methyl sites for hydroxylation is 1. The van der Waals surface area contributed by atoms with Crippen molar-refractivity contribution in [2.24, 2.45) is 12.5 Å². The fourth-order valence-corrected chi connectivity index (χ4v) is 2.34. The van der Waals surface area contributed by atoms with E-state index in [1.807, 2.05) is 17.9 Å². The standard InChI is InChI=1S/C11H20BrN3/c1-6-13-10(11(2,3)4)9-8(12)7-14-15(9)5/h7,10,13H,6H2,1-5H3. The van der Waals surface area contributed by atoms with Crippen molar-refractivity contribution in [2.75, 3.05) is 6.54 Å². The zero-order chi connectivity index (χ0) is 11.6. The third kappa shape index (κ3) is 2.82. The van der Waals surface area contributed by atoms with Crippen LogP contribution in [0, 0.1) is 5.41 Å². The van der Waals surface area contributed by atoms with Crippen LogP contribution >= 0.6 is 15.9 Å². The van der Waals surface area contributed by atoms with Gasteiger partial charge in [0.1, 0.15) is 0 Å². The summed E-state index contributed by atoms with van der Waals surface area (Å²) in [6.07, 6.45) is 1.85. The van der Waals surface area contributed by atoms with Gasteiger partial charge in [0.25, 0.3) is 0 Å². The highest BCUT2D eigenvalue weighted by Gasteiger charge is 2.29. The van der Waals surface area contributed by atoms with Crippen LogP contribution < -0.4 is 5.32 Å². The summed E-state index contributed by atoms with van der Waals surface area (Å²) in [7, 11) is 1.98. The third-order valence-electron chi connectivity index (χ3n) is 2.49. The Kier molecular flexibility index (Phi) is 3.95. The van der Waals surface area contributed by atoms with E-state index >= 15 is 0 Å². The Morgan fingerprint density at radius 2 is 2.13 bits per heavy atom. The number of nitrogens with one attached hydrogen (secondary N) is 1. The summed E-state index contributed by atoms with van der Waals surface area (Å²) in [5.41, 5.74) is 1.39. The van der Waals surface area contributed by atoms with Crippen LogP contribution in [0.2, 0.25) is 0 Å². The van der Waals surface area contributed by atoms with Gasteiger partial charge in [-0.2, -0.15) is 5.10 Å². The minimum absolute atomic E-state index is 0.173. The van der Waals surface area contributed by atoms with Gasteiger partial charge >= 0.3 is 0 Å². The Balaban J connectivity index is 3.10. The third-order valence-corrected chi connectivity index (χ3v) is 3.10. The van der Waals surface area contributed by atoms with Crippen molar-refractivity contribution in [3.8, 4) is 0 Å². The van der Waals surface area contributed by atoms with Crippen molar-refractivity contribution >= 4 is 15.9 Å². The molecule has 0 radical (unpaired) electrons. The first kappa shape index (κ1) is 12.7. The van der Waals surface area contributed by atoms with E-state index in [4.69, 9.17) is 0 Å². The predicted octanol–water partition coefficient (Wildman–Crippen LogP) is 2.88. The molecule has 0 aliphatic carbocycles. The van der Waals surface area contributed by atoms with E-state index in [2.05, 4.69) is 54.0 Å². The largest absolute Gasteiger partial charge is 0.308 e. The quantitative estimate of drug-likeness (QED) is 0.918. The Labute approximate surface area is 100 Å². The predicted molar refractivity (Wildman–Crippen MR) is 66.8 cm³/mol. The van der Waals surface area contributed by atoms with Gasteiger partial charge < -0.3 is 5.32 Å². The fraction of sp³-hybridized carbons (Fsp3) is 0.727. The summed E-state index contributed by atoms with van der Waals surface area (Å²) in [5, 5.41) is 7.78. The lowest BCUT2D eigenvalue weighted by atomic mass is 9.84. The van der Waals surface area contributed by atoms with E-state index < -0.39 is 0 Å². The molecule has 15 heavy (non-hydrogen) atoms. The second-order valence-electron chi connectivity index (χ2n) is 4.86. The number of halogens is 1. The molecule has 86 valence electrons. The van der Waals surface area contributed by atoms with Crippen molar-refractivity contribution < 1.29 is 0 Å². The van der Waals surface area contributed by atoms with E-state index in [-0.39, 0.29) is 5.41 Å². The van der Waals surface area contributed by atoms with Crippen molar-refractivity contribution in [3.05, 3.63) is 16.4 Å². The van der Waals surface area contributed by atoms with Crippen LogP contribution in [0.1, 0.15) is 39.4 Å². The van der Waals surface area contributed by atoms with Gasteiger partial charge in [-0.15, -0.1) is 0 Å². The molecule has 1 heterocycles.